The number of fused-ring (bicyclic) bond motifs is 14. The monoisotopic (exact) mass is 763 g/mol. The van der Waals surface area contributed by atoms with Gasteiger partial charge in [0.15, 0.2) is 0 Å². The number of para-hydroxylation sites is 5. The maximum Gasteiger partial charge on any atom is 0.0999 e. The zero-order valence-electron chi connectivity index (χ0n) is 32.3. The molecule has 0 saturated heterocycles. The summed E-state index contributed by atoms with van der Waals surface area (Å²) in [6.45, 7) is 0. The van der Waals surface area contributed by atoms with Gasteiger partial charge in [0.1, 0.15) is 0 Å². The van der Waals surface area contributed by atoms with Crippen molar-refractivity contribution in [2.45, 2.75) is 0 Å². The Hall–Kier alpha value is -8.33. The Morgan fingerprint density at radius 1 is 0.283 bits per heavy atom. The molecular formula is C55H33N5. The zero-order valence-corrected chi connectivity index (χ0v) is 32.3. The lowest BCUT2D eigenvalue weighted by atomic mass is 10.0. The molecule has 5 nitrogen and oxygen atoms in total. The van der Waals surface area contributed by atoms with Crippen LogP contribution in [0.15, 0.2) is 200 Å². The van der Waals surface area contributed by atoms with E-state index in [9.17, 15) is 5.26 Å². The first kappa shape index (κ1) is 32.7. The van der Waals surface area contributed by atoms with Crippen LogP contribution in [0, 0.1) is 11.3 Å². The van der Waals surface area contributed by atoms with Gasteiger partial charge in [-0.1, -0.05) is 109 Å². The summed E-state index contributed by atoms with van der Waals surface area (Å²) in [5.41, 5.74) is 14.0. The molecule has 4 aromatic heterocycles. The van der Waals surface area contributed by atoms with Crippen molar-refractivity contribution in [3.63, 3.8) is 0 Å². The Morgan fingerprint density at radius 2 is 0.733 bits per heavy atom. The maximum atomic E-state index is 10.6. The van der Waals surface area contributed by atoms with Crippen LogP contribution in [0.1, 0.15) is 5.56 Å². The Kier molecular flexibility index (Phi) is 6.73. The second kappa shape index (κ2) is 12.3. The van der Waals surface area contributed by atoms with Gasteiger partial charge >= 0.3 is 0 Å². The van der Waals surface area contributed by atoms with E-state index in [0.29, 0.717) is 5.56 Å². The van der Waals surface area contributed by atoms with Crippen molar-refractivity contribution in [2.24, 2.45) is 0 Å². The minimum atomic E-state index is 0.661. The lowest BCUT2D eigenvalue weighted by molar-refractivity contribution is 1.17. The first-order chi connectivity index (χ1) is 29.8. The molecule has 0 bridgehead atoms. The van der Waals surface area contributed by atoms with E-state index in [-0.39, 0.29) is 0 Å². The lowest BCUT2D eigenvalue weighted by Crippen LogP contribution is -1.96. The highest BCUT2D eigenvalue weighted by atomic mass is 15.0. The molecule has 0 atom stereocenters. The van der Waals surface area contributed by atoms with E-state index in [4.69, 9.17) is 0 Å². The van der Waals surface area contributed by atoms with Crippen LogP contribution >= 0.6 is 0 Å². The number of benzene rings is 9. The van der Waals surface area contributed by atoms with Gasteiger partial charge in [0.25, 0.3) is 0 Å². The van der Waals surface area contributed by atoms with Crippen LogP contribution in [-0.4, -0.2) is 18.3 Å². The van der Waals surface area contributed by atoms with Crippen molar-refractivity contribution in [1.29, 1.82) is 5.26 Å². The lowest BCUT2D eigenvalue weighted by Gasteiger charge is -2.12. The van der Waals surface area contributed by atoms with Crippen LogP contribution in [0.2, 0.25) is 0 Å². The number of hydrogen-bond donors (Lipinski definition) is 0. The van der Waals surface area contributed by atoms with E-state index in [0.717, 1.165) is 71.9 Å². The molecule has 13 rings (SSSR count). The third-order valence-corrected chi connectivity index (χ3v) is 12.6. The van der Waals surface area contributed by atoms with Crippen molar-refractivity contribution in [2.75, 3.05) is 0 Å². The van der Waals surface area contributed by atoms with Crippen LogP contribution in [0.3, 0.4) is 0 Å². The second-order valence-electron chi connectivity index (χ2n) is 15.6. The summed E-state index contributed by atoms with van der Waals surface area (Å²) >= 11 is 0. The molecule has 0 saturated carbocycles. The second-order valence-corrected chi connectivity index (χ2v) is 15.6. The molecule has 0 N–H and O–H groups in total. The standard InChI is InChI=1S/C55H33N5/c56-34-35-15-14-26-48-51(35)53-50(58(48)37-18-6-2-7-19-37)32-29-42-44-33-39(27-30-47(44)59(55(42)53)38-20-8-3-9-21-38)60-45-24-12-10-22-40(45)41-28-31-49-52(54(41)60)43-23-11-13-25-46(43)57(49)36-16-4-1-5-17-36/h1-33H. The minimum Gasteiger partial charge on any atom is -0.309 e. The Labute approximate surface area is 344 Å². The van der Waals surface area contributed by atoms with E-state index < -0.39 is 0 Å². The molecule has 0 radical (unpaired) electrons. The van der Waals surface area contributed by atoms with E-state index in [1.807, 2.05) is 18.2 Å². The highest BCUT2D eigenvalue weighted by molar-refractivity contribution is 6.28. The molecule has 0 aliphatic heterocycles. The van der Waals surface area contributed by atoms with Gasteiger partial charge in [0.05, 0.1) is 55.8 Å². The molecule has 0 unspecified atom stereocenters. The molecule has 4 heterocycles. The summed E-state index contributed by atoms with van der Waals surface area (Å²) in [6.07, 6.45) is 0. The van der Waals surface area contributed by atoms with Gasteiger partial charge in [-0.3, -0.25) is 0 Å². The van der Waals surface area contributed by atoms with Crippen molar-refractivity contribution in [3.05, 3.63) is 206 Å². The van der Waals surface area contributed by atoms with Gasteiger partial charge in [-0.15, -0.1) is 0 Å². The van der Waals surface area contributed by atoms with E-state index >= 15 is 0 Å². The molecule has 13 aromatic rings. The largest absolute Gasteiger partial charge is 0.309 e. The summed E-state index contributed by atoms with van der Waals surface area (Å²) in [4.78, 5) is 0. The normalized spacial score (nSPS) is 12.0. The van der Waals surface area contributed by atoms with E-state index in [1.54, 1.807) is 0 Å². The van der Waals surface area contributed by atoms with Gasteiger partial charge in [-0.2, -0.15) is 5.26 Å². The summed E-state index contributed by atoms with van der Waals surface area (Å²) in [7, 11) is 0. The molecule has 0 spiro atoms. The first-order valence-electron chi connectivity index (χ1n) is 20.3. The number of rotatable bonds is 4. The van der Waals surface area contributed by atoms with Crippen molar-refractivity contribution < 1.29 is 0 Å². The molecule has 278 valence electrons. The third kappa shape index (κ3) is 4.34. The summed E-state index contributed by atoms with van der Waals surface area (Å²) < 4.78 is 9.58. The summed E-state index contributed by atoms with van der Waals surface area (Å²) in [6, 6.07) is 74.1. The van der Waals surface area contributed by atoms with Crippen molar-refractivity contribution >= 4 is 87.2 Å². The minimum absolute atomic E-state index is 0.661. The quantitative estimate of drug-likeness (QED) is 0.176. The number of aromatic nitrogens is 4. The first-order valence-corrected chi connectivity index (χ1v) is 20.3. The molecular weight excluding hydrogens is 731 g/mol. The van der Waals surface area contributed by atoms with Gasteiger partial charge < -0.3 is 18.3 Å². The molecule has 5 heteroatoms. The Balaban J connectivity index is 1.19. The zero-order chi connectivity index (χ0) is 39.5. The Morgan fingerprint density at radius 3 is 1.40 bits per heavy atom. The molecule has 0 amide bonds. The van der Waals surface area contributed by atoms with Gasteiger partial charge in [-0.25, -0.2) is 0 Å². The summed E-state index contributed by atoms with van der Waals surface area (Å²) in [5.74, 6) is 0. The van der Waals surface area contributed by atoms with Crippen LogP contribution < -0.4 is 0 Å². The molecule has 9 aromatic carbocycles. The Bertz CT molecular complexity index is 3930. The maximum absolute atomic E-state index is 10.6. The van der Waals surface area contributed by atoms with Crippen molar-refractivity contribution in [1.82, 2.24) is 18.3 Å². The fourth-order valence-electron chi connectivity index (χ4n) is 10.2. The number of nitrogens with zero attached hydrogens (tertiary/aromatic N) is 5. The highest BCUT2D eigenvalue weighted by Crippen LogP contribution is 2.46. The fourth-order valence-corrected chi connectivity index (χ4v) is 10.2. The number of nitriles is 1. The van der Waals surface area contributed by atoms with Gasteiger partial charge in [0, 0.05) is 65.8 Å². The number of hydrogen-bond acceptors (Lipinski definition) is 1. The smallest absolute Gasteiger partial charge is 0.0999 e. The summed E-state index contributed by atoms with van der Waals surface area (Å²) in [5, 5.41) is 19.8. The highest BCUT2D eigenvalue weighted by Gasteiger charge is 2.25. The molecule has 0 aliphatic carbocycles. The molecule has 0 fully saturated rings. The van der Waals surface area contributed by atoms with Crippen molar-refractivity contribution in [3.8, 4) is 28.8 Å². The van der Waals surface area contributed by atoms with Crippen LogP contribution in [0.25, 0.3) is 110 Å². The average molecular weight is 764 g/mol. The van der Waals surface area contributed by atoms with Gasteiger partial charge in [0.2, 0.25) is 0 Å². The van der Waals surface area contributed by atoms with Crippen LogP contribution in [0.4, 0.5) is 0 Å². The SMILES string of the molecule is N#Cc1cccc2c1c1c(ccc3c4cc(-n5c6ccccc6c6ccc7c(c8ccccc8n7-c7ccccc7)c65)ccc4n(-c4ccccc4)c31)n2-c1ccccc1. The van der Waals surface area contributed by atoms with Crippen LogP contribution in [0.5, 0.6) is 0 Å². The van der Waals surface area contributed by atoms with E-state index in [2.05, 4.69) is 206 Å². The van der Waals surface area contributed by atoms with Crippen LogP contribution in [-0.2, 0) is 0 Å². The molecule has 0 aliphatic rings. The topological polar surface area (TPSA) is 43.5 Å². The fraction of sp³-hybridized carbons (Fsp3) is 0. The predicted octanol–water partition coefficient (Wildman–Crippen LogP) is 13.9. The predicted molar refractivity (Wildman–Crippen MR) is 249 cm³/mol. The van der Waals surface area contributed by atoms with E-state index in [1.165, 1.54) is 38.1 Å². The third-order valence-electron chi connectivity index (χ3n) is 12.6. The molecule has 60 heavy (non-hydrogen) atoms. The van der Waals surface area contributed by atoms with Gasteiger partial charge in [-0.05, 0) is 91.0 Å². The average Bonchev–Trinajstić information content (AvgIpc) is 4.04.